The average Bonchev–Trinajstić information content (AvgIpc) is 3.37. The molecule has 0 fully saturated rings. The molecule has 3 heterocycles. The first-order chi connectivity index (χ1) is 12.6. The van der Waals surface area contributed by atoms with Crippen LogP contribution in [0.3, 0.4) is 0 Å². The molecule has 1 aromatic carbocycles. The summed E-state index contributed by atoms with van der Waals surface area (Å²) in [5.74, 6) is 0.470. The van der Waals surface area contributed by atoms with Gasteiger partial charge in [-0.25, -0.2) is 0 Å². The Balaban J connectivity index is 1.64. The Hall–Kier alpha value is -2.86. The largest absolute Gasteiger partial charge is 0.361 e. The van der Waals surface area contributed by atoms with E-state index in [2.05, 4.69) is 39.0 Å². The van der Waals surface area contributed by atoms with Crippen LogP contribution in [0.4, 0.5) is 0 Å². The second kappa shape index (κ2) is 6.80. The van der Waals surface area contributed by atoms with Crippen LogP contribution in [0.15, 0.2) is 52.5 Å². The first kappa shape index (κ1) is 16.6. The van der Waals surface area contributed by atoms with Crippen LogP contribution in [0.5, 0.6) is 0 Å². The molecule has 26 heavy (non-hydrogen) atoms. The van der Waals surface area contributed by atoms with Gasteiger partial charge in [-0.2, -0.15) is 0 Å². The summed E-state index contributed by atoms with van der Waals surface area (Å²) in [5.41, 5.74) is 3.41. The fourth-order valence-corrected chi connectivity index (χ4v) is 4.17. The zero-order valence-electron chi connectivity index (χ0n) is 14.6. The van der Waals surface area contributed by atoms with Crippen molar-refractivity contribution in [1.82, 2.24) is 15.5 Å². The van der Waals surface area contributed by atoms with E-state index >= 15 is 0 Å². The van der Waals surface area contributed by atoms with Crippen molar-refractivity contribution < 1.29 is 9.32 Å². The van der Waals surface area contributed by atoms with E-state index < -0.39 is 0 Å². The number of benzene rings is 1. The van der Waals surface area contributed by atoms with Gasteiger partial charge in [0.15, 0.2) is 0 Å². The van der Waals surface area contributed by atoms with Crippen LogP contribution < -0.4 is 5.32 Å². The minimum Gasteiger partial charge on any atom is -0.361 e. The number of aromatic nitrogens is 2. The molecule has 0 unspecified atom stereocenters. The molecule has 0 radical (unpaired) electrons. The van der Waals surface area contributed by atoms with Crippen LogP contribution in [0.2, 0.25) is 0 Å². The van der Waals surface area contributed by atoms with Crippen LogP contribution in [-0.2, 0) is 0 Å². The van der Waals surface area contributed by atoms with Crippen molar-refractivity contribution in [1.29, 1.82) is 0 Å². The standard InChI is InChI=1S/C20H19N3O2S/c1-12-19(13(2)25-23-12)20(24)22-11-16(18-8-5-9-26-18)15-10-21-17-7-4-3-6-14(15)17/h3-10,16,21H,11H2,1-2H3,(H,22,24)/t16-/m1/s1. The highest BCUT2D eigenvalue weighted by Gasteiger charge is 2.22. The van der Waals surface area contributed by atoms with Gasteiger partial charge in [0.25, 0.3) is 5.91 Å². The van der Waals surface area contributed by atoms with Crippen molar-refractivity contribution >= 4 is 28.1 Å². The summed E-state index contributed by atoms with van der Waals surface area (Å²) in [6.45, 7) is 4.04. The number of thiophene rings is 1. The number of H-pyrrole nitrogens is 1. The van der Waals surface area contributed by atoms with Crippen LogP contribution in [0, 0.1) is 13.8 Å². The third-order valence-electron chi connectivity index (χ3n) is 4.61. The molecule has 0 saturated carbocycles. The van der Waals surface area contributed by atoms with Gasteiger partial charge in [0.1, 0.15) is 11.3 Å². The second-order valence-corrected chi connectivity index (χ2v) is 7.25. The van der Waals surface area contributed by atoms with Gasteiger partial charge in [0.2, 0.25) is 0 Å². The molecule has 0 aliphatic heterocycles. The van der Waals surface area contributed by atoms with Crippen LogP contribution in [0.25, 0.3) is 10.9 Å². The molecule has 4 aromatic rings. The molecule has 0 spiro atoms. The third-order valence-corrected chi connectivity index (χ3v) is 5.60. The number of hydrogen-bond donors (Lipinski definition) is 2. The highest BCUT2D eigenvalue weighted by atomic mass is 32.1. The summed E-state index contributed by atoms with van der Waals surface area (Å²) in [6.07, 6.45) is 2.04. The van der Waals surface area contributed by atoms with Gasteiger partial charge in [0, 0.05) is 34.4 Å². The van der Waals surface area contributed by atoms with Gasteiger partial charge in [-0.1, -0.05) is 29.4 Å². The number of carbonyl (C=O) groups is 1. The average molecular weight is 365 g/mol. The van der Waals surface area contributed by atoms with Crippen molar-refractivity contribution in [2.45, 2.75) is 19.8 Å². The molecule has 3 aromatic heterocycles. The second-order valence-electron chi connectivity index (χ2n) is 6.27. The molecule has 0 bridgehead atoms. The summed E-state index contributed by atoms with van der Waals surface area (Å²) in [6, 6.07) is 12.4. The zero-order valence-corrected chi connectivity index (χ0v) is 15.4. The van der Waals surface area contributed by atoms with Crippen molar-refractivity contribution in [2.75, 3.05) is 6.54 Å². The molecule has 0 aliphatic rings. The number of amides is 1. The quantitative estimate of drug-likeness (QED) is 0.551. The first-order valence-corrected chi connectivity index (χ1v) is 9.33. The Morgan fingerprint density at radius 3 is 2.85 bits per heavy atom. The zero-order chi connectivity index (χ0) is 18.1. The predicted octanol–water partition coefficient (Wildman–Crippen LogP) is 4.40. The molecule has 1 atom stereocenters. The van der Waals surface area contributed by atoms with E-state index in [1.165, 1.54) is 15.8 Å². The molecule has 6 heteroatoms. The smallest absolute Gasteiger partial charge is 0.256 e. The lowest BCUT2D eigenvalue weighted by molar-refractivity contribution is 0.0950. The topological polar surface area (TPSA) is 70.9 Å². The molecule has 4 rings (SSSR count). The first-order valence-electron chi connectivity index (χ1n) is 8.45. The number of para-hydroxylation sites is 1. The van der Waals surface area contributed by atoms with Gasteiger partial charge >= 0.3 is 0 Å². The number of aromatic amines is 1. The van der Waals surface area contributed by atoms with Crippen molar-refractivity contribution in [3.05, 3.63) is 75.4 Å². The van der Waals surface area contributed by atoms with Gasteiger partial charge in [0.05, 0.1) is 5.69 Å². The SMILES string of the molecule is Cc1noc(C)c1C(=O)NC[C@@H](c1cccs1)c1c[nH]c2ccccc12. The number of aryl methyl sites for hydroxylation is 2. The minimum atomic E-state index is -0.150. The number of carbonyl (C=O) groups excluding carboxylic acids is 1. The van der Waals surface area contributed by atoms with Gasteiger partial charge in [-0.05, 0) is 36.9 Å². The van der Waals surface area contributed by atoms with E-state index in [1.807, 2.05) is 24.4 Å². The van der Waals surface area contributed by atoms with Gasteiger partial charge in [-0.3, -0.25) is 4.79 Å². The molecule has 132 valence electrons. The van der Waals surface area contributed by atoms with Gasteiger partial charge in [-0.15, -0.1) is 11.3 Å². The van der Waals surface area contributed by atoms with Crippen LogP contribution in [0.1, 0.15) is 38.2 Å². The summed E-state index contributed by atoms with van der Waals surface area (Å²) < 4.78 is 5.11. The lowest BCUT2D eigenvalue weighted by Crippen LogP contribution is -2.29. The molecular formula is C20H19N3O2S. The lowest BCUT2D eigenvalue weighted by Gasteiger charge is -2.16. The predicted molar refractivity (Wildman–Crippen MR) is 103 cm³/mol. The summed E-state index contributed by atoms with van der Waals surface area (Å²) in [4.78, 5) is 17.2. The normalized spacial score (nSPS) is 12.4. The summed E-state index contributed by atoms with van der Waals surface area (Å²) in [5, 5.41) is 10.2. The minimum absolute atomic E-state index is 0.0792. The number of hydrogen-bond acceptors (Lipinski definition) is 4. The Morgan fingerprint density at radius 1 is 1.27 bits per heavy atom. The van der Waals surface area contributed by atoms with Crippen LogP contribution >= 0.6 is 11.3 Å². The van der Waals surface area contributed by atoms with Crippen molar-refractivity contribution in [2.24, 2.45) is 0 Å². The number of fused-ring (bicyclic) bond motifs is 1. The number of nitrogens with zero attached hydrogens (tertiary/aromatic N) is 1. The highest BCUT2D eigenvalue weighted by molar-refractivity contribution is 7.10. The van der Waals surface area contributed by atoms with E-state index in [9.17, 15) is 4.79 Å². The fourth-order valence-electron chi connectivity index (χ4n) is 3.33. The number of rotatable bonds is 5. The Bertz CT molecular complexity index is 1030. The molecule has 0 aliphatic carbocycles. The maximum Gasteiger partial charge on any atom is 0.256 e. The van der Waals surface area contributed by atoms with Crippen molar-refractivity contribution in [3.63, 3.8) is 0 Å². The monoisotopic (exact) mass is 365 g/mol. The fraction of sp³-hybridized carbons (Fsp3) is 0.200. The Kier molecular flexibility index (Phi) is 4.34. The molecule has 0 saturated heterocycles. The van der Waals surface area contributed by atoms with Gasteiger partial charge < -0.3 is 14.8 Å². The summed E-state index contributed by atoms with van der Waals surface area (Å²) >= 11 is 1.70. The van der Waals surface area contributed by atoms with Crippen molar-refractivity contribution in [3.8, 4) is 0 Å². The van der Waals surface area contributed by atoms with E-state index in [0.29, 0.717) is 23.6 Å². The number of nitrogens with one attached hydrogen (secondary N) is 2. The molecule has 2 N–H and O–H groups in total. The summed E-state index contributed by atoms with van der Waals surface area (Å²) in [7, 11) is 0. The molecule has 5 nitrogen and oxygen atoms in total. The highest BCUT2D eigenvalue weighted by Crippen LogP contribution is 2.32. The van der Waals surface area contributed by atoms with E-state index in [-0.39, 0.29) is 11.8 Å². The molecule has 1 amide bonds. The Labute approximate surface area is 155 Å². The lowest BCUT2D eigenvalue weighted by atomic mass is 9.96. The van der Waals surface area contributed by atoms with Crippen LogP contribution in [-0.4, -0.2) is 22.6 Å². The van der Waals surface area contributed by atoms with E-state index in [0.717, 1.165) is 5.52 Å². The maximum absolute atomic E-state index is 12.6. The van der Waals surface area contributed by atoms with E-state index in [1.54, 1.807) is 25.2 Å². The third kappa shape index (κ3) is 2.93. The van der Waals surface area contributed by atoms with E-state index in [4.69, 9.17) is 4.52 Å². The maximum atomic E-state index is 12.6. The molecular weight excluding hydrogens is 346 g/mol. The Morgan fingerprint density at radius 2 is 2.12 bits per heavy atom.